The van der Waals surface area contributed by atoms with Crippen LogP contribution >= 0.6 is 0 Å². The van der Waals surface area contributed by atoms with E-state index in [9.17, 15) is 0 Å². The quantitative estimate of drug-likeness (QED) is 0.382. The molecule has 2 aliphatic heterocycles. The van der Waals surface area contributed by atoms with Crippen LogP contribution in [0.5, 0.6) is 0 Å². The fraction of sp³-hybridized carbons (Fsp3) is 0.846. The lowest BCUT2D eigenvalue weighted by atomic mass is 9.82. The molecule has 96 valence electrons. The van der Waals surface area contributed by atoms with Gasteiger partial charge in [0.1, 0.15) is 6.10 Å². The number of hydrogen-bond acceptors (Lipinski definition) is 4. The number of fused-ring (bicyclic) bond motifs is 1. The van der Waals surface area contributed by atoms with Crippen molar-refractivity contribution in [1.82, 2.24) is 0 Å². The van der Waals surface area contributed by atoms with Crippen LogP contribution in [-0.4, -0.2) is 50.3 Å². The minimum atomic E-state index is -0.102. The molecule has 3 rings (SSSR count). The molecule has 0 radical (unpaired) electrons. The second-order valence-corrected chi connectivity index (χ2v) is 5.05. The van der Waals surface area contributed by atoms with Crippen molar-refractivity contribution in [2.75, 3.05) is 26.4 Å². The maximum absolute atomic E-state index is 6.07. The Balaban J connectivity index is 1.48. The van der Waals surface area contributed by atoms with Gasteiger partial charge in [0.25, 0.3) is 0 Å². The van der Waals surface area contributed by atoms with E-state index in [-0.39, 0.29) is 11.7 Å². The lowest BCUT2D eigenvalue weighted by Crippen LogP contribution is -2.44. The van der Waals surface area contributed by atoms with Gasteiger partial charge >= 0.3 is 0 Å². The molecule has 0 aromatic heterocycles. The molecule has 0 spiro atoms. The second kappa shape index (κ2) is 4.69. The summed E-state index contributed by atoms with van der Waals surface area (Å²) in [5.41, 5.74) is -0.102. The fourth-order valence-electron chi connectivity index (χ4n) is 2.78. The van der Waals surface area contributed by atoms with E-state index in [0.29, 0.717) is 32.0 Å². The molecule has 2 heterocycles. The highest BCUT2D eigenvalue weighted by molar-refractivity contribution is 5.06. The van der Waals surface area contributed by atoms with Crippen LogP contribution in [0.4, 0.5) is 0 Å². The molecule has 2 saturated heterocycles. The fourth-order valence-corrected chi connectivity index (χ4v) is 2.78. The van der Waals surface area contributed by atoms with Gasteiger partial charge in [-0.3, -0.25) is 0 Å². The summed E-state index contributed by atoms with van der Waals surface area (Å²) < 4.78 is 22.4. The summed E-state index contributed by atoms with van der Waals surface area (Å²) in [5, 5.41) is 0. The smallest absolute Gasteiger partial charge is 0.110 e. The molecule has 1 aliphatic carbocycles. The zero-order chi connectivity index (χ0) is 11.7. The van der Waals surface area contributed by atoms with Crippen molar-refractivity contribution in [1.29, 1.82) is 0 Å². The molecular formula is C13H20O4. The number of ether oxygens (including phenoxy) is 4. The van der Waals surface area contributed by atoms with E-state index < -0.39 is 0 Å². The van der Waals surface area contributed by atoms with Crippen molar-refractivity contribution in [3.63, 3.8) is 0 Å². The predicted octanol–water partition coefficient (Wildman–Crippen LogP) is 1.29. The molecule has 17 heavy (non-hydrogen) atoms. The summed E-state index contributed by atoms with van der Waals surface area (Å²) in [6, 6.07) is 0. The van der Waals surface area contributed by atoms with Crippen molar-refractivity contribution in [2.45, 2.75) is 43.2 Å². The third kappa shape index (κ3) is 2.55. The maximum Gasteiger partial charge on any atom is 0.110 e. The van der Waals surface area contributed by atoms with Crippen LogP contribution in [-0.2, 0) is 18.9 Å². The zero-order valence-corrected chi connectivity index (χ0v) is 10.1. The van der Waals surface area contributed by atoms with Crippen LogP contribution in [0.2, 0.25) is 0 Å². The molecule has 0 aromatic carbocycles. The molecule has 0 bridgehead atoms. The minimum Gasteiger partial charge on any atom is -0.375 e. The third-order valence-electron chi connectivity index (χ3n) is 3.86. The standard InChI is InChI=1S/C13H20O4/c1-2-5-14-6-7-16-13(12-9-15-12)4-3-10-11(8-13)17-10/h2,10-12H,1,3-9H2. The highest BCUT2D eigenvalue weighted by Gasteiger charge is 2.57. The zero-order valence-electron chi connectivity index (χ0n) is 10.1. The van der Waals surface area contributed by atoms with Crippen molar-refractivity contribution in [3.8, 4) is 0 Å². The van der Waals surface area contributed by atoms with E-state index in [1.807, 2.05) is 0 Å². The van der Waals surface area contributed by atoms with E-state index >= 15 is 0 Å². The molecule has 3 aliphatic rings. The molecule has 4 nitrogen and oxygen atoms in total. The molecule has 1 saturated carbocycles. The van der Waals surface area contributed by atoms with Crippen molar-refractivity contribution < 1.29 is 18.9 Å². The lowest BCUT2D eigenvalue weighted by Gasteiger charge is -2.34. The van der Waals surface area contributed by atoms with Crippen LogP contribution in [0.15, 0.2) is 12.7 Å². The van der Waals surface area contributed by atoms with Gasteiger partial charge in [-0.2, -0.15) is 0 Å². The summed E-state index contributed by atoms with van der Waals surface area (Å²) in [5.74, 6) is 0. The Morgan fingerprint density at radius 1 is 1.35 bits per heavy atom. The first kappa shape index (κ1) is 11.7. The van der Waals surface area contributed by atoms with Crippen LogP contribution in [0.3, 0.4) is 0 Å². The highest BCUT2D eigenvalue weighted by Crippen LogP contribution is 2.48. The van der Waals surface area contributed by atoms with Crippen LogP contribution in [0.25, 0.3) is 0 Å². The van der Waals surface area contributed by atoms with Gasteiger partial charge in [0.15, 0.2) is 0 Å². The molecule has 4 heteroatoms. The Morgan fingerprint density at radius 2 is 2.24 bits per heavy atom. The second-order valence-electron chi connectivity index (χ2n) is 5.05. The summed E-state index contributed by atoms with van der Waals surface area (Å²) >= 11 is 0. The van der Waals surface area contributed by atoms with Crippen LogP contribution in [0, 0.1) is 0 Å². The molecule has 0 amide bonds. The first-order valence-electron chi connectivity index (χ1n) is 6.44. The SMILES string of the molecule is C=CCOCCOC1(C2CO2)CCC2OC2C1. The van der Waals surface area contributed by atoms with Crippen molar-refractivity contribution >= 4 is 0 Å². The summed E-state index contributed by atoms with van der Waals surface area (Å²) in [4.78, 5) is 0. The van der Waals surface area contributed by atoms with E-state index in [0.717, 1.165) is 25.9 Å². The summed E-state index contributed by atoms with van der Waals surface area (Å²) in [6.45, 7) is 6.29. The van der Waals surface area contributed by atoms with E-state index in [2.05, 4.69) is 6.58 Å². The summed E-state index contributed by atoms with van der Waals surface area (Å²) in [7, 11) is 0. The normalized spacial score (nSPS) is 42.9. The largest absolute Gasteiger partial charge is 0.375 e. The van der Waals surface area contributed by atoms with Gasteiger partial charge in [-0.25, -0.2) is 0 Å². The predicted molar refractivity (Wildman–Crippen MR) is 62.0 cm³/mol. The van der Waals surface area contributed by atoms with Gasteiger partial charge in [-0.1, -0.05) is 6.08 Å². The van der Waals surface area contributed by atoms with E-state index in [4.69, 9.17) is 18.9 Å². The Labute approximate surface area is 102 Å². The molecule has 0 N–H and O–H groups in total. The maximum atomic E-state index is 6.07. The van der Waals surface area contributed by atoms with Crippen molar-refractivity contribution in [2.24, 2.45) is 0 Å². The van der Waals surface area contributed by atoms with Crippen LogP contribution in [0.1, 0.15) is 19.3 Å². The Bertz CT molecular complexity index is 289. The minimum absolute atomic E-state index is 0.102. The first-order chi connectivity index (χ1) is 8.34. The first-order valence-corrected chi connectivity index (χ1v) is 6.44. The molecular weight excluding hydrogens is 220 g/mol. The molecule has 4 unspecified atom stereocenters. The van der Waals surface area contributed by atoms with Gasteiger partial charge in [-0.05, 0) is 12.8 Å². The number of epoxide rings is 2. The Kier molecular flexibility index (Phi) is 3.21. The van der Waals surface area contributed by atoms with Crippen LogP contribution < -0.4 is 0 Å². The highest BCUT2D eigenvalue weighted by atomic mass is 16.6. The van der Waals surface area contributed by atoms with Gasteiger partial charge in [0, 0.05) is 6.42 Å². The number of hydrogen-bond donors (Lipinski definition) is 0. The average Bonchev–Trinajstić information content (AvgIpc) is 3.20. The van der Waals surface area contributed by atoms with Gasteiger partial charge in [-0.15, -0.1) is 6.58 Å². The summed E-state index contributed by atoms with van der Waals surface area (Å²) in [6.07, 6.45) is 6.11. The molecule has 4 atom stereocenters. The van der Waals surface area contributed by atoms with Gasteiger partial charge in [0.05, 0.1) is 44.2 Å². The topological polar surface area (TPSA) is 43.5 Å². The molecule has 0 aromatic rings. The lowest BCUT2D eigenvalue weighted by molar-refractivity contribution is -0.0969. The number of rotatable bonds is 7. The Morgan fingerprint density at radius 3 is 2.94 bits per heavy atom. The van der Waals surface area contributed by atoms with E-state index in [1.54, 1.807) is 6.08 Å². The average molecular weight is 240 g/mol. The van der Waals surface area contributed by atoms with Gasteiger partial charge < -0.3 is 18.9 Å². The third-order valence-corrected chi connectivity index (χ3v) is 3.86. The van der Waals surface area contributed by atoms with E-state index in [1.165, 1.54) is 0 Å². The molecule has 3 fully saturated rings. The van der Waals surface area contributed by atoms with Crippen molar-refractivity contribution in [3.05, 3.63) is 12.7 Å². The Hall–Kier alpha value is -0.420. The monoisotopic (exact) mass is 240 g/mol. The van der Waals surface area contributed by atoms with Gasteiger partial charge in [0.2, 0.25) is 0 Å².